The van der Waals surface area contributed by atoms with Crippen molar-refractivity contribution in [3.05, 3.63) is 35.2 Å². The van der Waals surface area contributed by atoms with Gasteiger partial charge in [0.15, 0.2) is 0 Å². The van der Waals surface area contributed by atoms with Crippen LogP contribution in [0.1, 0.15) is 24.8 Å². The average Bonchev–Trinajstić information content (AvgIpc) is 3.04. The van der Waals surface area contributed by atoms with Crippen molar-refractivity contribution in [2.75, 3.05) is 24.5 Å². The SMILES string of the molecule is COc1cccc(N2C[C@@H](NCC(C)C)c3sc(S(N)(=O)=O)cc3S2)c1. The predicted molar refractivity (Wildman–Crippen MR) is 107 cm³/mol. The molecule has 0 spiro atoms. The van der Waals surface area contributed by atoms with E-state index >= 15 is 0 Å². The lowest BCUT2D eigenvalue weighted by Crippen LogP contribution is -2.36. The summed E-state index contributed by atoms with van der Waals surface area (Å²) in [6.07, 6.45) is 0. The first-order chi connectivity index (χ1) is 12.3. The Morgan fingerprint density at radius 2 is 2.15 bits per heavy atom. The maximum Gasteiger partial charge on any atom is 0.247 e. The summed E-state index contributed by atoms with van der Waals surface area (Å²) in [4.78, 5) is 1.95. The number of hydrogen-bond donors (Lipinski definition) is 2. The fourth-order valence-electron chi connectivity index (χ4n) is 2.68. The van der Waals surface area contributed by atoms with E-state index in [1.54, 1.807) is 13.2 Å². The maximum atomic E-state index is 11.8. The monoisotopic (exact) mass is 413 g/mol. The number of anilines is 1. The van der Waals surface area contributed by atoms with Crippen LogP contribution in [0.3, 0.4) is 0 Å². The fourth-order valence-corrected chi connectivity index (χ4v) is 6.02. The highest BCUT2D eigenvalue weighted by Gasteiger charge is 2.31. The smallest absolute Gasteiger partial charge is 0.247 e. The van der Waals surface area contributed by atoms with Crippen LogP contribution in [0.4, 0.5) is 5.69 Å². The molecule has 1 aromatic carbocycles. The van der Waals surface area contributed by atoms with Crippen molar-refractivity contribution >= 4 is 39.0 Å². The Morgan fingerprint density at radius 3 is 2.81 bits per heavy atom. The van der Waals surface area contributed by atoms with E-state index in [9.17, 15) is 8.42 Å². The number of sulfonamides is 1. The van der Waals surface area contributed by atoms with Gasteiger partial charge in [-0.15, -0.1) is 11.3 Å². The minimum absolute atomic E-state index is 0.0420. The van der Waals surface area contributed by atoms with Crippen molar-refractivity contribution in [2.45, 2.75) is 29.0 Å². The highest BCUT2D eigenvalue weighted by Crippen LogP contribution is 2.45. The number of nitrogens with two attached hydrogens (primary N) is 1. The van der Waals surface area contributed by atoms with E-state index in [-0.39, 0.29) is 10.3 Å². The van der Waals surface area contributed by atoms with Gasteiger partial charge in [0.1, 0.15) is 9.96 Å². The van der Waals surface area contributed by atoms with Gasteiger partial charge in [-0.3, -0.25) is 0 Å². The Hall–Kier alpha value is -1.26. The topological polar surface area (TPSA) is 84.7 Å². The van der Waals surface area contributed by atoms with Crippen molar-refractivity contribution in [1.82, 2.24) is 5.32 Å². The average molecular weight is 414 g/mol. The summed E-state index contributed by atoms with van der Waals surface area (Å²) in [6.45, 7) is 5.87. The minimum atomic E-state index is -3.71. The highest BCUT2D eigenvalue weighted by molar-refractivity contribution is 8.01. The Kier molecular flexibility index (Phi) is 5.83. The van der Waals surface area contributed by atoms with Gasteiger partial charge in [0.25, 0.3) is 0 Å². The van der Waals surface area contributed by atoms with Gasteiger partial charge in [0.05, 0.1) is 25.4 Å². The number of primary sulfonamides is 1. The molecule has 0 fully saturated rings. The number of hydrogen-bond acceptors (Lipinski definition) is 7. The summed E-state index contributed by atoms with van der Waals surface area (Å²) >= 11 is 2.79. The first kappa shape index (κ1) is 19.5. The number of nitrogens with zero attached hydrogens (tertiary/aromatic N) is 1. The van der Waals surface area contributed by atoms with Crippen LogP contribution in [-0.2, 0) is 10.0 Å². The van der Waals surface area contributed by atoms with Gasteiger partial charge in [0.2, 0.25) is 10.0 Å². The summed E-state index contributed by atoms with van der Waals surface area (Å²) in [5, 5.41) is 8.90. The summed E-state index contributed by atoms with van der Waals surface area (Å²) in [7, 11) is -2.06. The molecule has 2 aromatic rings. The third-order valence-electron chi connectivity index (χ3n) is 3.97. The molecule has 0 unspecified atom stereocenters. The fraction of sp³-hybridized carbons (Fsp3) is 0.412. The maximum absolute atomic E-state index is 11.8. The van der Waals surface area contributed by atoms with Crippen LogP contribution in [0.2, 0.25) is 0 Å². The zero-order valence-corrected chi connectivity index (χ0v) is 17.4. The molecule has 6 nitrogen and oxygen atoms in total. The van der Waals surface area contributed by atoms with E-state index in [1.165, 1.54) is 23.3 Å². The first-order valence-electron chi connectivity index (χ1n) is 8.27. The number of thiophene rings is 1. The molecule has 1 aliphatic rings. The van der Waals surface area contributed by atoms with Gasteiger partial charge in [-0.2, -0.15) is 0 Å². The van der Waals surface area contributed by atoms with Gasteiger partial charge in [-0.05, 0) is 42.6 Å². The van der Waals surface area contributed by atoms with E-state index in [2.05, 4.69) is 23.5 Å². The minimum Gasteiger partial charge on any atom is -0.497 e. The van der Waals surface area contributed by atoms with E-state index in [0.29, 0.717) is 5.92 Å². The Labute approximate surface area is 162 Å². The highest BCUT2D eigenvalue weighted by atomic mass is 32.2. The van der Waals surface area contributed by atoms with E-state index in [4.69, 9.17) is 9.88 Å². The molecule has 0 saturated carbocycles. The third-order valence-corrected chi connectivity index (χ3v) is 7.88. The number of rotatable bonds is 6. The van der Waals surface area contributed by atoms with Crippen LogP contribution < -0.4 is 19.5 Å². The van der Waals surface area contributed by atoms with Crippen LogP contribution in [0.5, 0.6) is 5.75 Å². The molecule has 0 aliphatic carbocycles. The molecule has 0 saturated heterocycles. The Balaban J connectivity index is 1.95. The Morgan fingerprint density at radius 1 is 1.38 bits per heavy atom. The third kappa shape index (κ3) is 4.34. The number of benzene rings is 1. The molecule has 0 bridgehead atoms. The molecule has 0 amide bonds. The molecule has 0 radical (unpaired) electrons. The van der Waals surface area contributed by atoms with Crippen LogP contribution in [0, 0.1) is 5.92 Å². The van der Waals surface area contributed by atoms with Gasteiger partial charge in [-0.1, -0.05) is 19.9 Å². The van der Waals surface area contributed by atoms with Crippen molar-refractivity contribution in [2.24, 2.45) is 11.1 Å². The quantitative estimate of drug-likeness (QED) is 0.708. The molecule has 1 aromatic heterocycles. The summed E-state index contributed by atoms with van der Waals surface area (Å²) < 4.78 is 31.3. The zero-order valence-electron chi connectivity index (χ0n) is 14.9. The molecule has 3 N–H and O–H groups in total. The number of methoxy groups -OCH3 is 1. The van der Waals surface area contributed by atoms with Crippen LogP contribution in [0.25, 0.3) is 0 Å². The molecule has 3 rings (SSSR count). The second-order valence-electron chi connectivity index (χ2n) is 6.55. The van der Waals surface area contributed by atoms with Crippen LogP contribution in [-0.4, -0.2) is 28.6 Å². The predicted octanol–water partition coefficient (Wildman–Crippen LogP) is 3.22. The molecule has 9 heteroatoms. The largest absolute Gasteiger partial charge is 0.497 e. The standard InChI is InChI=1S/C17H23N3O3S3/c1-11(2)9-19-14-10-20(12-5-4-6-13(7-12)23-3)25-15-8-16(24-17(14)15)26(18,21)22/h4-8,11,14,19H,9-10H2,1-3H3,(H2,18,21,22)/t14-/m1/s1. The van der Waals surface area contributed by atoms with Gasteiger partial charge in [0, 0.05) is 15.8 Å². The summed E-state index contributed by atoms with van der Waals surface area (Å²) in [5.41, 5.74) is 1.01. The molecular weight excluding hydrogens is 390 g/mol. The summed E-state index contributed by atoms with van der Waals surface area (Å²) in [5.74, 6) is 1.28. The molecule has 142 valence electrons. The number of ether oxygens (including phenoxy) is 1. The van der Waals surface area contributed by atoms with E-state index in [0.717, 1.165) is 34.3 Å². The number of fused-ring (bicyclic) bond motifs is 1. The summed E-state index contributed by atoms with van der Waals surface area (Å²) in [6, 6.07) is 9.57. The first-order valence-corrected chi connectivity index (χ1v) is 11.4. The zero-order chi connectivity index (χ0) is 18.9. The Bertz CT molecular complexity index is 880. The van der Waals surface area contributed by atoms with Gasteiger partial charge in [-0.25, -0.2) is 13.6 Å². The molecule has 1 atom stereocenters. The van der Waals surface area contributed by atoms with Crippen molar-refractivity contribution in [1.29, 1.82) is 0 Å². The second kappa shape index (κ2) is 7.77. The second-order valence-corrected chi connectivity index (χ2v) is 10.5. The number of nitrogens with one attached hydrogen (secondary N) is 1. The lowest BCUT2D eigenvalue weighted by Gasteiger charge is -2.34. The van der Waals surface area contributed by atoms with E-state index < -0.39 is 10.0 Å². The lowest BCUT2D eigenvalue weighted by atomic mass is 10.1. The molecule has 26 heavy (non-hydrogen) atoms. The van der Waals surface area contributed by atoms with Crippen LogP contribution >= 0.6 is 23.3 Å². The van der Waals surface area contributed by atoms with Crippen molar-refractivity contribution in [3.63, 3.8) is 0 Å². The molecular formula is C17H23N3O3S3. The van der Waals surface area contributed by atoms with E-state index in [1.807, 2.05) is 24.3 Å². The van der Waals surface area contributed by atoms with Crippen molar-refractivity contribution in [3.8, 4) is 5.75 Å². The van der Waals surface area contributed by atoms with Gasteiger partial charge < -0.3 is 14.4 Å². The van der Waals surface area contributed by atoms with Gasteiger partial charge >= 0.3 is 0 Å². The lowest BCUT2D eigenvalue weighted by molar-refractivity contribution is 0.415. The normalized spacial score (nSPS) is 17.4. The van der Waals surface area contributed by atoms with Crippen molar-refractivity contribution < 1.29 is 13.2 Å². The molecule has 1 aliphatic heterocycles. The molecule has 2 heterocycles. The van der Waals surface area contributed by atoms with Crippen LogP contribution in [0.15, 0.2) is 39.4 Å².